The van der Waals surface area contributed by atoms with Crippen molar-refractivity contribution in [3.05, 3.63) is 24.0 Å². The molecular weight excluding hydrogens is 222 g/mol. The molecule has 88 valence electrons. The Hall–Kier alpha value is -1.20. The summed E-state index contributed by atoms with van der Waals surface area (Å²) < 4.78 is 5.02. The monoisotopic (exact) mass is 239 g/mol. The van der Waals surface area contributed by atoms with Crippen LogP contribution in [0.15, 0.2) is 18.3 Å². The Kier molecular flexibility index (Phi) is 5.14. The van der Waals surface area contributed by atoms with E-state index in [1.165, 1.54) is 0 Å². The van der Waals surface area contributed by atoms with Gasteiger partial charge in [-0.05, 0) is 25.5 Å². The first kappa shape index (κ1) is 12.9. The number of anilines is 1. The lowest BCUT2D eigenvalue weighted by Crippen LogP contribution is -2.21. The summed E-state index contributed by atoms with van der Waals surface area (Å²) in [6, 6.07) is 4.06. The lowest BCUT2D eigenvalue weighted by molar-refractivity contribution is 0.191. The number of methoxy groups -OCH3 is 1. The maximum atomic E-state index is 5.59. The van der Waals surface area contributed by atoms with E-state index >= 15 is 0 Å². The minimum Gasteiger partial charge on any atom is -0.388 e. The van der Waals surface area contributed by atoms with Gasteiger partial charge in [-0.2, -0.15) is 0 Å². The molecule has 0 spiro atoms. The Balaban J connectivity index is 2.69. The van der Waals surface area contributed by atoms with E-state index in [0.29, 0.717) is 10.7 Å². The van der Waals surface area contributed by atoms with Crippen molar-refractivity contribution in [1.29, 1.82) is 0 Å². The van der Waals surface area contributed by atoms with Gasteiger partial charge < -0.3 is 15.8 Å². The van der Waals surface area contributed by atoms with Crippen LogP contribution in [-0.2, 0) is 4.74 Å². The Morgan fingerprint density at radius 2 is 2.44 bits per heavy atom. The van der Waals surface area contributed by atoms with Crippen molar-refractivity contribution in [2.75, 3.05) is 19.0 Å². The molecule has 0 aliphatic heterocycles. The molecule has 0 fully saturated rings. The van der Waals surface area contributed by atoms with Crippen LogP contribution in [0.1, 0.15) is 19.0 Å². The molecule has 0 aliphatic carbocycles. The first-order valence-corrected chi connectivity index (χ1v) is 5.56. The fraction of sp³-hybridized carbons (Fsp3) is 0.455. The second-order valence-electron chi connectivity index (χ2n) is 3.59. The fourth-order valence-electron chi connectivity index (χ4n) is 1.35. The summed E-state index contributed by atoms with van der Waals surface area (Å²) in [5.74, 6) is 0. The fourth-order valence-corrected chi connectivity index (χ4v) is 1.51. The van der Waals surface area contributed by atoms with Gasteiger partial charge >= 0.3 is 0 Å². The number of ether oxygens (including phenoxy) is 1. The molecule has 0 saturated heterocycles. The number of nitrogens with one attached hydrogen (secondary N) is 1. The van der Waals surface area contributed by atoms with Crippen LogP contribution in [0.5, 0.6) is 0 Å². The normalized spacial score (nSPS) is 12.1. The molecule has 1 aromatic rings. The molecule has 1 aromatic heterocycles. The Labute approximate surface area is 101 Å². The van der Waals surface area contributed by atoms with Gasteiger partial charge in [-0.1, -0.05) is 12.2 Å². The molecular formula is C11H17N3OS. The van der Waals surface area contributed by atoms with E-state index in [0.717, 1.165) is 18.7 Å². The number of hydrogen-bond donors (Lipinski definition) is 2. The highest BCUT2D eigenvalue weighted by molar-refractivity contribution is 7.80. The first-order valence-electron chi connectivity index (χ1n) is 5.15. The SMILES string of the molecule is COCCC(C)Nc1cccnc1C(N)=S. The van der Waals surface area contributed by atoms with Crippen molar-refractivity contribution in [1.82, 2.24) is 4.98 Å². The highest BCUT2D eigenvalue weighted by atomic mass is 32.1. The smallest absolute Gasteiger partial charge is 0.124 e. The molecule has 0 bridgehead atoms. The zero-order valence-electron chi connectivity index (χ0n) is 9.56. The molecule has 5 heteroatoms. The van der Waals surface area contributed by atoms with Crippen molar-refractivity contribution in [2.24, 2.45) is 5.73 Å². The van der Waals surface area contributed by atoms with E-state index in [1.54, 1.807) is 13.3 Å². The van der Waals surface area contributed by atoms with Crippen LogP contribution in [0.25, 0.3) is 0 Å². The molecule has 0 saturated carbocycles. The number of rotatable bonds is 6. The van der Waals surface area contributed by atoms with Gasteiger partial charge in [0, 0.05) is 26.0 Å². The summed E-state index contributed by atoms with van der Waals surface area (Å²) >= 11 is 4.94. The van der Waals surface area contributed by atoms with Gasteiger partial charge in [0.2, 0.25) is 0 Å². The second-order valence-corrected chi connectivity index (χ2v) is 4.03. The van der Waals surface area contributed by atoms with Crippen molar-refractivity contribution in [3.63, 3.8) is 0 Å². The first-order chi connectivity index (χ1) is 7.65. The third-order valence-electron chi connectivity index (χ3n) is 2.20. The average molecular weight is 239 g/mol. The molecule has 4 nitrogen and oxygen atoms in total. The minimum atomic E-state index is 0.289. The molecule has 1 heterocycles. The molecule has 0 amide bonds. The summed E-state index contributed by atoms with van der Waals surface area (Å²) in [7, 11) is 1.69. The van der Waals surface area contributed by atoms with Gasteiger partial charge in [-0.3, -0.25) is 4.98 Å². The van der Waals surface area contributed by atoms with Gasteiger partial charge in [-0.25, -0.2) is 0 Å². The summed E-state index contributed by atoms with van der Waals surface area (Å²) in [4.78, 5) is 4.46. The zero-order valence-corrected chi connectivity index (χ0v) is 10.4. The van der Waals surface area contributed by atoms with Crippen LogP contribution >= 0.6 is 12.2 Å². The summed E-state index contributed by atoms with van der Waals surface area (Å²) in [5, 5.41) is 3.32. The standard InChI is InChI=1S/C11H17N3OS/c1-8(5-7-15-2)14-9-4-3-6-13-10(9)11(12)16/h3-4,6,8,14H,5,7H2,1-2H3,(H2,12,16). The highest BCUT2D eigenvalue weighted by Crippen LogP contribution is 2.14. The van der Waals surface area contributed by atoms with E-state index in [1.807, 2.05) is 12.1 Å². The number of nitrogens with two attached hydrogens (primary N) is 1. The Bertz CT molecular complexity index is 357. The van der Waals surface area contributed by atoms with Gasteiger partial charge in [0.25, 0.3) is 0 Å². The summed E-state index contributed by atoms with van der Waals surface area (Å²) in [5.41, 5.74) is 7.11. The number of pyridine rings is 1. The van der Waals surface area contributed by atoms with Gasteiger partial charge in [0.15, 0.2) is 0 Å². The average Bonchev–Trinajstić information content (AvgIpc) is 2.27. The van der Waals surface area contributed by atoms with Crippen molar-refractivity contribution in [3.8, 4) is 0 Å². The molecule has 0 aromatic carbocycles. The van der Waals surface area contributed by atoms with Crippen LogP contribution in [0.3, 0.4) is 0 Å². The number of thiocarbonyl (C=S) groups is 1. The predicted octanol–water partition coefficient (Wildman–Crippen LogP) is 1.55. The van der Waals surface area contributed by atoms with Crippen LogP contribution in [0.4, 0.5) is 5.69 Å². The van der Waals surface area contributed by atoms with Gasteiger partial charge in [0.1, 0.15) is 10.7 Å². The summed E-state index contributed by atoms with van der Waals surface area (Å²) in [6.45, 7) is 2.80. The quantitative estimate of drug-likeness (QED) is 0.738. The molecule has 16 heavy (non-hydrogen) atoms. The number of nitrogens with zero attached hydrogens (tertiary/aromatic N) is 1. The van der Waals surface area contributed by atoms with E-state index in [4.69, 9.17) is 22.7 Å². The maximum absolute atomic E-state index is 5.59. The third kappa shape index (κ3) is 3.75. The Morgan fingerprint density at radius 3 is 3.06 bits per heavy atom. The lowest BCUT2D eigenvalue weighted by atomic mass is 10.2. The van der Waals surface area contributed by atoms with E-state index in [-0.39, 0.29) is 6.04 Å². The highest BCUT2D eigenvalue weighted by Gasteiger charge is 2.08. The number of aromatic nitrogens is 1. The molecule has 1 unspecified atom stereocenters. The molecule has 1 rings (SSSR count). The van der Waals surface area contributed by atoms with Crippen molar-refractivity contribution < 1.29 is 4.74 Å². The van der Waals surface area contributed by atoms with E-state index < -0.39 is 0 Å². The second kappa shape index (κ2) is 6.40. The van der Waals surface area contributed by atoms with Gasteiger partial charge in [0.05, 0.1) is 5.69 Å². The predicted molar refractivity (Wildman–Crippen MR) is 69.7 cm³/mol. The van der Waals surface area contributed by atoms with Crippen LogP contribution < -0.4 is 11.1 Å². The molecule has 0 aliphatic rings. The topological polar surface area (TPSA) is 60.2 Å². The molecule has 3 N–H and O–H groups in total. The Morgan fingerprint density at radius 1 is 1.69 bits per heavy atom. The van der Waals surface area contributed by atoms with E-state index in [9.17, 15) is 0 Å². The lowest BCUT2D eigenvalue weighted by Gasteiger charge is -2.16. The molecule has 0 radical (unpaired) electrons. The molecule has 1 atom stereocenters. The third-order valence-corrected chi connectivity index (χ3v) is 2.39. The van der Waals surface area contributed by atoms with Crippen molar-refractivity contribution in [2.45, 2.75) is 19.4 Å². The van der Waals surface area contributed by atoms with Crippen LogP contribution in [-0.4, -0.2) is 29.7 Å². The van der Waals surface area contributed by atoms with Crippen LogP contribution in [0, 0.1) is 0 Å². The maximum Gasteiger partial charge on any atom is 0.124 e. The van der Waals surface area contributed by atoms with Crippen LogP contribution in [0.2, 0.25) is 0 Å². The van der Waals surface area contributed by atoms with Gasteiger partial charge in [-0.15, -0.1) is 0 Å². The largest absolute Gasteiger partial charge is 0.388 e. The minimum absolute atomic E-state index is 0.289. The summed E-state index contributed by atoms with van der Waals surface area (Å²) in [6.07, 6.45) is 2.60. The van der Waals surface area contributed by atoms with E-state index in [2.05, 4.69) is 17.2 Å². The zero-order chi connectivity index (χ0) is 12.0. The van der Waals surface area contributed by atoms with Crippen molar-refractivity contribution >= 4 is 22.9 Å². The number of hydrogen-bond acceptors (Lipinski definition) is 4.